The maximum atomic E-state index is 12.9. The van der Waals surface area contributed by atoms with Crippen molar-refractivity contribution in [2.45, 2.75) is 26.4 Å². The van der Waals surface area contributed by atoms with Crippen LogP contribution in [0.15, 0.2) is 65.4 Å². The Morgan fingerprint density at radius 1 is 1.18 bits per heavy atom. The zero-order chi connectivity index (χ0) is 23.8. The molecule has 2 N–H and O–H groups in total. The first-order valence-corrected chi connectivity index (χ1v) is 10.6. The third-order valence-electron chi connectivity index (χ3n) is 5.21. The van der Waals surface area contributed by atoms with Crippen molar-refractivity contribution in [3.63, 3.8) is 0 Å². The standard InChI is InChI=1S/C24H20ClF3N4O/c1-13-7-9-18(25)17(22-31-19-5-3-4-6-20(19)32-22)12-15(11-13)30-23(33)16-8-10-21(24(26,27)28)29-14(16)2/h3-6,8-13H,7H2,1-2H3,(H,30,33)(H,31,32). The highest BCUT2D eigenvalue weighted by Crippen LogP contribution is 2.31. The van der Waals surface area contributed by atoms with Gasteiger partial charge < -0.3 is 10.3 Å². The lowest BCUT2D eigenvalue weighted by Gasteiger charge is -2.16. The Morgan fingerprint density at radius 3 is 2.64 bits per heavy atom. The van der Waals surface area contributed by atoms with Gasteiger partial charge in [0, 0.05) is 16.3 Å². The number of nitrogens with zero attached hydrogens (tertiary/aromatic N) is 2. The van der Waals surface area contributed by atoms with Gasteiger partial charge in [-0.25, -0.2) is 9.97 Å². The molecule has 5 nitrogen and oxygen atoms in total. The number of carbonyl (C=O) groups is 1. The van der Waals surface area contributed by atoms with E-state index in [1.165, 1.54) is 6.92 Å². The Balaban J connectivity index is 1.68. The first kappa shape index (κ1) is 22.8. The van der Waals surface area contributed by atoms with E-state index >= 15 is 0 Å². The molecule has 170 valence electrons. The van der Waals surface area contributed by atoms with Gasteiger partial charge in [-0.3, -0.25) is 4.79 Å². The smallest absolute Gasteiger partial charge is 0.338 e. The predicted molar refractivity (Wildman–Crippen MR) is 121 cm³/mol. The number of imidazole rings is 1. The Kier molecular flexibility index (Phi) is 6.12. The number of benzene rings is 1. The zero-order valence-electron chi connectivity index (χ0n) is 17.8. The number of hydrogen-bond donors (Lipinski definition) is 2. The molecule has 0 aliphatic heterocycles. The lowest BCUT2D eigenvalue weighted by molar-refractivity contribution is -0.141. The van der Waals surface area contributed by atoms with Crippen molar-refractivity contribution in [3.05, 3.63) is 88.1 Å². The van der Waals surface area contributed by atoms with Gasteiger partial charge in [0.15, 0.2) is 0 Å². The van der Waals surface area contributed by atoms with Gasteiger partial charge in [0.25, 0.3) is 5.91 Å². The van der Waals surface area contributed by atoms with E-state index in [0.717, 1.165) is 23.2 Å². The number of pyridine rings is 1. The second-order valence-corrected chi connectivity index (χ2v) is 8.24. The first-order chi connectivity index (χ1) is 15.6. The number of aryl methyl sites for hydroxylation is 1. The fourth-order valence-electron chi connectivity index (χ4n) is 3.54. The van der Waals surface area contributed by atoms with Gasteiger partial charge >= 0.3 is 6.18 Å². The molecule has 3 aromatic rings. The molecule has 1 aliphatic carbocycles. The molecule has 1 unspecified atom stereocenters. The largest absolute Gasteiger partial charge is 0.433 e. The molecule has 0 fully saturated rings. The lowest BCUT2D eigenvalue weighted by atomic mass is 10.0. The summed E-state index contributed by atoms with van der Waals surface area (Å²) in [4.78, 5) is 24.3. The molecular weight excluding hydrogens is 453 g/mol. The van der Waals surface area contributed by atoms with Crippen LogP contribution in [0, 0.1) is 12.8 Å². The molecule has 0 saturated heterocycles. The fraction of sp³-hybridized carbons (Fsp3) is 0.208. The summed E-state index contributed by atoms with van der Waals surface area (Å²) in [6.45, 7) is 3.34. The minimum absolute atomic E-state index is 0.0127. The number of fused-ring (bicyclic) bond motifs is 1. The van der Waals surface area contributed by atoms with E-state index in [1.807, 2.05) is 43.3 Å². The number of aromatic nitrogens is 3. The molecular formula is C24H20ClF3N4O. The minimum Gasteiger partial charge on any atom is -0.338 e. The maximum Gasteiger partial charge on any atom is 0.433 e. The fourth-order valence-corrected chi connectivity index (χ4v) is 3.78. The number of rotatable bonds is 3. The number of carbonyl (C=O) groups excluding carboxylic acids is 1. The summed E-state index contributed by atoms with van der Waals surface area (Å²) in [7, 11) is 0. The summed E-state index contributed by atoms with van der Waals surface area (Å²) in [6.07, 6.45) is 1.52. The van der Waals surface area contributed by atoms with Crippen molar-refractivity contribution in [1.29, 1.82) is 0 Å². The number of nitrogens with one attached hydrogen (secondary N) is 2. The predicted octanol–water partition coefficient (Wildman–Crippen LogP) is 6.14. The zero-order valence-corrected chi connectivity index (χ0v) is 18.6. The van der Waals surface area contributed by atoms with E-state index in [-0.39, 0.29) is 17.2 Å². The molecule has 33 heavy (non-hydrogen) atoms. The van der Waals surface area contributed by atoms with E-state index in [0.29, 0.717) is 28.5 Å². The summed E-state index contributed by atoms with van der Waals surface area (Å²) in [5, 5.41) is 3.26. The Labute approximate surface area is 193 Å². The molecule has 2 aromatic heterocycles. The molecule has 0 bridgehead atoms. The highest BCUT2D eigenvalue weighted by molar-refractivity contribution is 6.37. The minimum atomic E-state index is -4.58. The second-order valence-electron chi connectivity index (χ2n) is 7.83. The highest BCUT2D eigenvalue weighted by Gasteiger charge is 2.33. The Hall–Kier alpha value is -3.39. The first-order valence-electron chi connectivity index (χ1n) is 10.2. The second kappa shape index (κ2) is 8.86. The van der Waals surface area contributed by atoms with Crippen LogP contribution < -0.4 is 5.32 Å². The molecule has 1 amide bonds. The van der Waals surface area contributed by atoms with Crippen molar-refractivity contribution in [1.82, 2.24) is 20.3 Å². The Morgan fingerprint density at radius 2 is 1.94 bits per heavy atom. The van der Waals surface area contributed by atoms with Crippen molar-refractivity contribution in [3.8, 4) is 0 Å². The van der Waals surface area contributed by atoms with Gasteiger partial charge in [-0.05, 0) is 49.6 Å². The topological polar surface area (TPSA) is 70.7 Å². The summed E-state index contributed by atoms with van der Waals surface area (Å²) in [6, 6.07) is 9.47. The van der Waals surface area contributed by atoms with Crippen LogP contribution in [0.5, 0.6) is 0 Å². The molecule has 1 aliphatic rings. The molecule has 1 aromatic carbocycles. The molecule has 0 radical (unpaired) electrons. The average molecular weight is 473 g/mol. The van der Waals surface area contributed by atoms with Gasteiger partial charge in [-0.1, -0.05) is 42.8 Å². The van der Waals surface area contributed by atoms with E-state index in [9.17, 15) is 18.0 Å². The van der Waals surface area contributed by atoms with Gasteiger partial charge in [0.1, 0.15) is 11.5 Å². The summed E-state index contributed by atoms with van der Waals surface area (Å²) < 4.78 is 38.7. The van der Waals surface area contributed by atoms with E-state index in [2.05, 4.69) is 20.3 Å². The van der Waals surface area contributed by atoms with Crippen molar-refractivity contribution in [2.75, 3.05) is 0 Å². The van der Waals surface area contributed by atoms with Crippen molar-refractivity contribution in [2.24, 2.45) is 5.92 Å². The highest BCUT2D eigenvalue weighted by atomic mass is 35.5. The van der Waals surface area contributed by atoms with Crippen LogP contribution >= 0.6 is 11.6 Å². The molecule has 2 heterocycles. The summed E-state index contributed by atoms with van der Waals surface area (Å²) in [5.41, 5.74) is 1.67. The van der Waals surface area contributed by atoms with Crippen LogP contribution in [0.3, 0.4) is 0 Å². The number of halogens is 4. The van der Waals surface area contributed by atoms with Gasteiger partial charge in [-0.2, -0.15) is 13.2 Å². The van der Waals surface area contributed by atoms with Crippen molar-refractivity contribution >= 4 is 34.1 Å². The molecule has 0 spiro atoms. The van der Waals surface area contributed by atoms with Crippen LogP contribution in [-0.2, 0) is 6.18 Å². The number of alkyl halides is 3. The van der Waals surface area contributed by atoms with Gasteiger partial charge in [0.05, 0.1) is 22.3 Å². The normalized spacial score (nSPS) is 17.0. The van der Waals surface area contributed by atoms with Crippen LogP contribution in [0.25, 0.3) is 16.6 Å². The summed E-state index contributed by atoms with van der Waals surface area (Å²) in [5.74, 6) is 0.0435. The van der Waals surface area contributed by atoms with E-state index in [1.54, 1.807) is 6.08 Å². The molecule has 9 heteroatoms. The number of amides is 1. The maximum absolute atomic E-state index is 12.9. The summed E-state index contributed by atoms with van der Waals surface area (Å²) >= 11 is 6.57. The average Bonchev–Trinajstić information content (AvgIpc) is 3.17. The molecule has 1 atom stereocenters. The number of para-hydroxylation sites is 2. The number of hydrogen-bond acceptors (Lipinski definition) is 3. The molecule has 0 saturated carbocycles. The third-order valence-corrected chi connectivity index (χ3v) is 5.57. The molecule has 4 rings (SSSR count). The van der Waals surface area contributed by atoms with Gasteiger partial charge in [0.2, 0.25) is 0 Å². The van der Waals surface area contributed by atoms with Crippen LogP contribution in [0.2, 0.25) is 0 Å². The van der Waals surface area contributed by atoms with Gasteiger partial charge in [-0.15, -0.1) is 0 Å². The number of allylic oxidation sites excluding steroid dienone is 5. The van der Waals surface area contributed by atoms with E-state index < -0.39 is 17.8 Å². The monoisotopic (exact) mass is 472 g/mol. The van der Waals surface area contributed by atoms with Crippen LogP contribution in [0.4, 0.5) is 13.2 Å². The SMILES string of the molecule is Cc1nc(C(F)(F)F)ccc1C(=O)NC1=CC(C)CC=C(Cl)C(c2nc3ccccc3[nH]2)=C1. The number of H-pyrrole nitrogens is 1. The third kappa shape index (κ3) is 5.01. The van der Waals surface area contributed by atoms with Crippen molar-refractivity contribution < 1.29 is 18.0 Å². The van der Waals surface area contributed by atoms with Crippen LogP contribution in [0.1, 0.15) is 40.9 Å². The van der Waals surface area contributed by atoms with Crippen LogP contribution in [-0.4, -0.2) is 20.9 Å². The Bertz CT molecular complexity index is 1290. The quantitative estimate of drug-likeness (QED) is 0.480. The lowest BCUT2D eigenvalue weighted by Crippen LogP contribution is -2.24. The van der Waals surface area contributed by atoms with E-state index in [4.69, 9.17) is 11.6 Å². The number of aromatic amines is 1.